The van der Waals surface area contributed by atoms with Crippen LogP contribution in [0.5, 0.6) is 0 Å². The Balaban J connectivity index is 2.77. The van der Waals surface area contributed by atoms with Gasteiger partial charge in [0, 0.05) is 17.4 Å². The van der Waals surface area contributed by atoms with E-state index >= 15 is 0 Å². The van der Waals surface area contributed by atoms with Gasteiger partial charge in [0.1, 0.15) is 0 Å². The summed E-state index contributed by atoms with van der Waals surface area (Å²) in [5, 5.41) is 9.36. The van der Waals surface area contributed by atoms with Crippen LogP contribution in [-0.4, -0.2) is 17.8 Å². The minimum Gasteiger partial charge on any atom is -0.391 e. The summed E-state index contributed by atoms with van der Waals surface area (Å²) in [6.45, 7) is 2.34. The Labute approximate surface area is 86.9 Å². The number of halogens is 1. The number of hydrogen-bond acceptors (Lipinski definition) is 2. The first-order valence-corrected chi connectivity index (χ1v) is 5.06. The molecule has 13 heavy (non-hydrogen) atoms. The number of benzene rings is 1. The Morgan fingerprint density at radius 2 is 2.23 bits per heavy atom. The van der Waals surface area contributed by atoms with Crippen molar-refractivity contribution >= 4 is 15.9 Å². The van der Waals surface area contributed by atoms with E-state index in [1.54, 1.807) is 0 Å². The fraction of sp³-hybridized carbons (Fsp3) is 0.400. The van der Waals surface area contributed by atoms with E-state index in [1.165, 1.54) is 5.56 Å². The topological polar surface area (TPSA) is 46.2 Å². The molecule has 1 unspecified atom stereocenters. The van der Waals surface area contributed by atoms with Crippen LogP contribution in [0.25, 0.3) is 0 Å². The normalized spacial score (nSPS) is 12.9. The molecule has 1 aromatic rings. The molecule has 0 bridgehead atoms. The first-order chi connectivity index (χ1) is 6.13. The monoisotopic (exact) mass is 243 g/mol. The molecule has 0 aliphatic heterocycles. The van der Waals surface area contributed by atoms with Crippen LogP contribution in [0.3, 0.4) is 0 Å². The van der Waals surface area contributed by atoms with Crippen molar-refractivity contribution in [2.45, 2.75) is 19.4 Å². The van der Waals surface area contributed by atoms with Gasteiger partial charge < -0.3 is 10.8 Å². The lowest BCUT2D eigenvalue weighted by Crippen LogP contribution is -2.22. The summed E-state index contributed by atoms with van der Waals surface area (Å²) in [5.41, 5.74) is 7.64. The van der Waals surface area contributed by atoms with Gasteiger partial charge in [0.15, 0.2) is 0 Å². The lowest BCUT2D eigenvalue weighted by molar-refractivity contribution is 0.183. The molecule has 0 radical (unpaired) electrons. The van der Waals surface area contributed by atoms with Gasteiger partial charge in [0.25, 0.3) is 0 Å². The van der Waals surface area contributed by atoms with Crippen LogP contribution in [0.1, 0.15) is 11.1 Å². The minimum atomic E-state index is -0.445. The van der Waals surface area contributed by atoms with Crippen LogP contribution in [0.4, 0.5) is 0 Å². The molecule has 0 amide bonds. The van der Waals surface area contributed by atoms with Crippen molar-refractivity contribution in [3.8, 4) is 0 Å². The van der Waals surface area contributed by atoms with Crippen LogP contribution in [-0.2, 0) is 6.42 Å². The molecule has 0 spiro atoms. The van der Waals surface area contributed by atoms with Gasteiger partial charge in [-0.3, -0.25) is 0 Å². The third-order valence-corrected chi connectivity index (χ3v) is 2.67. The SMILES string of the molecule is Cc1ccc(CC(O)CN)c(Br)c1. The third-order valence-electron chi connectivity index (χ3n) is 1.94. The van der Waals surface area contributed by atoms with Crippen molar-refractivity contribution in [2.24, 2.45) is 5.73 Å². The summed E-state index contributed by atoms with van der Waals surface area (Å²) >= 11 is 3.45. The van der Waals surface area contributed by atoms with E-state index < -0.39 is 6.10 Å². The third kappa shape index (κ3) is 3.10. The Morgan fingerprint density at radius 3 is 2.77 bits per heavy atom. The zero-order valence-electron chi connectivity index (χ0n) is 7.63. The predicted octanol–water partition coefficient (Wildman–Crippen LogP) is 1.62. The van der Waals surface area contributed by atoms with E-state index in [4.69, 9.17) is 5.73 Å². The van der Waals surface area contributed by atoms with E-state index in [1.807, 2.05) is 25.1 Å². The number of hydrogen-bond donors (Lipinski definition) is 2. The Morgan fingerprint density at radius 1 is 1.54 bits per heavy atom. The second-order valence-electron chi connectivity index (χ2n) is 3.19. The molecule has 2 nitrogen and oxygen atoms in total. The predicted molar refractivity (Wildman–Crippen MR) is 57.6 cm³/mol. The second-order valence-corrected chi connectivity index (χ2v) is 4.04. The number of nitrogens with two attached hydrogens (primary N) is 1. The minimum absolute atomic E-state index is 0.306. The molecule has 1 atom stereocenters. The summed E-state index contributed by atoms with van der Waals surface area (Å²) in [6, 6.07) is 6.08. The van der Waals surface area contributed by atoms with Crippen LogP contribution >= 0.6 is 15.9 Å². The first kappa shape index (κ1) is 10.7. The molecule has 72 valence electrons. The smallest absolute Gasteiger partial charge is 0.0703 e. The molecule has 0 saturated carbocycles. The average Bonchev–Trinajstić information content (AvgIpc) is 2.09. The summed E-state index contributed by atoms with van der Waals surface area (Å²) < 4.78 is 1.04. The summed E-state index contributed by atoms with van der Waals surface area (Å²) in [4.78, 5) is 0. The van der Waals surface area contributed by atoms with E-state index in [9.17, 15) is 5.11 Å². The van der Waals surface area contributed by atoms with Crippen molar-refractivity contribution in [1.82, 2.24) is 0 Å². The number of aliphatic hydroxyl groups is 1. The highest BCUT2D eigenvalue weighted by molar-refractivity contribution is 9.10. The standard InChI is InChI=1S/C10H14BrNO/c1-7-2-3-8(10(11)4-7)5-9(13)6-12/h2-4,9,13H,5-6,12H2,1H3. The van der Waals surface area contributed by atoms with Crippen molar-refractivity contribution in [2.75, 3.05) is 6.54 Å². The van der Waals surface area contributed by atoms with Gasteiger partial charge in [0.2, 0.25) is 0 Å². The number of rotatable bonds is 3. The van der Waals surface area contributed by atoms with E-state index in [0.717, 1.165) is 10.0 Å². The summed E-state index contributed by atoms with van der Waals surface area (Å²) in [7, 11) is 0. The van der Waals surface area contributed by atoms with Gasteiger partial charge in [-0.2, -0.15) is 0 Å². The molecule has 3 heteroatoms. The molecule has 0 saturated heterocycles. The lowest BCUT2D eigenvalue weighted by Gasteiger charge is -2.09. The van der Waals surface area contributed by atoms with E-state index in [-0.39, 0.29) is 0 Å². The van der Waals surface area contributed by atoms with Crippen molar-refractivity contribution in [1.29, 1.82) is 0 Å². The van der Waals surface area contributed by atoms with Gasteiger partial charge in [-0.15, -0.1) is 0 Å². The first-order valence-electron chi connectivity index (χ1n) is 4.26. The highest BCUT2D eigenvalue weighted by atomic mass is 79.9. The van der Waals surface area contributed by atoms with Gasteiger partial charge >= 0.3 is 0 Å². The molecule has 0 aromatic heterocycles. The molecular weight excluding hydrogens is 230 g/mol. The maximum atomic E-state index is 9.36. The van der Waals surface area contributed by atoms with Crippen LogP contribution < -0.4 is 5.73 Å². The van der Waals surface area contributed by atoms with E-state index in [0.29, 0.717) is 13.0 Å². The lowest BCUT2D eigenvalue weighted by atomic mass is 10.1. The molecule has 3 N–H and O–H groups in total. The van der Waals surface area contributed by atoms with Gasteiger partial charge in [-0.25, -0.2) is 0 Å². The molecule has 0 heterocycles. The Hall–Kier alpha value is -0.380. The highest BCUT2D eigenvalue weighted by Crippen LogP contribution is 2.19. The molecule has 0 fully saturated rings. The van der Waals surface area contributed by atoms with Crippen molar-refractivity contribution < 1.29 is 5.11 Å². The Kier molecular flexibility index (Phi) is 3.90. The molecule has 0 aliphatic carbocycles. The molecule has 1 rings (SSSR count). The fourth-order valence-electron chi connectivity index (χ4n) is 1.16. The number of aryl methyl sites for hydroxylation is 1. The van der Waals surface area contributed by atoms with Crippen molar-refractivity contribution in [3.05, 3.63) is 33.8 Å². The van der Waals surface area contributed by atoms with Crippen LogP contribution in [0.15, 0.2) is 22.7 Å². The summed E-state index contributed by atoms with van der Waals surface area (Å²) in [6.07, 6.45) is 0.163. The van der Waals surface area contributed by atoms with Gasteiger partial charge in [0.05, 0.1) is 6.10 Å². The number of aliphatic hydroxyl groups excluding tert-OH is 1. The maximum absolute atomic E-state index is 9.36. The molecule has 0 aliphatic rings. The Bertz CT molecular complexity index is 288. The fourth-order valence-corrected chi connectivity index (χ4v) is 1.81. The van der Waals surface area contributed by atoms with Crippen LogP contribution in [0.2, 0.25) is 0 Å². The quantitative estimate of drug-likeness (QED) is 0.848. The summed E-state index contributed by atoms with van der Waals surface area (Å²) in [5.74, 6) is 0. The van der Waals surface area contributed by atoms with Gasteiger partial charge in [-0.05, 0) is 24.1 Å². The van der Waals surface area contributed by atoms with Gasteiger partial charge in [-0.1, -0.05) is 28.1 Å². The second kappa shape index (κ2) is 4.74. The van der Waals surface area contributed by atoms with Crippen LogP contribution in [0, 0.1) is 6.92 Å². The average molecular weight is 244 g/mol. The largest absolute Gasteiger partial charge is 0.391 e. The maximum Gasteiger partial charge on any atom is 0.0703 e. The zero-order valence-corrected chi connectivity index (χ0v) is 9.21. The zero-order chi connectivity index (χ0) is 9.84. The molecular formula is C10H14BrNO. The van der Waals surface area contributed by atoms with E-state index in [2.05, 4.69) is 15.9 Å². The molecule has 1 aromatic carbocycles. The van der Waals surface area contributed by atoms with Crippen molar-refractivity contribution in [3.63, 3.8) is 0 Å². The highest BCUT2D eigenvalue weighted by Gasteiger charge is 2.05.